The summed E-state index contributed by atoms with van der Waals surface area (Å²) in [7, 11) is 0. The van der Waals surface area contributed by atoms with Crippen LogP contribution in [0.2, 0.25) is 0 Å². The minimum absolute atomic E-state index is 0.0905. The Morgan fingerprint density at radius 2 is 1.73 bits per heavy atom. The smallest absolute Gasteiger partial charge is 0.359 e. The van der Waals surface area contributed by atoms with Gasteiger partial charge in [-0.25, -0.2) is 9.78 Å². The molecule has 2 heterocycles. The average molecular weight is 399 g/mol. The summed E-state index contributed by atoms with van der Waals surface area (Å²) in [5.41, 5.74) is 4.56. The minimum atomic E-state index is -0.937. The Kier molecular flexibility index (Phi) is 4.54. The Hall–Kier alpha value is -3.54. The first-order valence-corrected chi connectivity index (χ1v) is 10.2. The van der Waals surface area contributed by atoms with Gasteiger partial charge in [-0.05, 0) is 56.4 Å². The van der Waals surface area contributed by atoms with Crippen LogP contribution in [0.5, 0.6) is 0 Å². The van der Waals surface area contributed by atoms with Crippen LogP contribution in [0, 0.1) is 0 Å². The third-order valence-corrected chi connectivity index (χ3v) is 5.69. The third-order valence-electron chi connectivity index (χ3n) is 5.69. The molecule has 1 aliphatic rings. The summed E-state index contributed by atoms with van der Waals surface area (Å²) in [5, 5.41) is 1.11. The molecule has 0 bridgehead atoms. The average Bonchev–Trinajstić information content (AvgIpc) is 3.12. The number of esters is 1. The van der Waals surface area contributed by atoms with Crippen molar-refractivity contribution in [2.24, 2.45) is 0 Å². The van der Waals surface area contributed by atoms with Gasteiger partial charge in [-0.1, -0.05) is 30.3 Å². The highest BCUT2D eigenvalue weighted by molar-refractivity contribution is 5.99. The van der Waals surface area contributed by atoms with E-state index in [0.717, 1.165) is 42.3 Å². The monoisotopic (exact) mass is 399 g/mol. The summed E-state index contributed by atoms with van der Waals surface area (Å²) in [4.78, 5) is 34.5. The normalized spacial score (nSPS) is 14.4. The Morgan fingerprint density at radius 1 is 1.00 bits per heavy atom. The molecule has 6 nitrogen and oxygen atoms in total. The number of hydrogen-bond acceptors (Lipinski definition) is 5. The molecular weight excluding hydrogens is 378 g/mol. The topological polar surface area (TPSA) is 74.1 Å². The SMILES string of the molecule is CC(OC(=O)c1cnc2ccccc2n1)C(=O)n1c2c(c3ccccc31)CCCC2. The molecule has 0 saturated carbocycles. The van der Waals surface area contributed by atoms with Gasteiger partial charge in [0, 0.05) is 11.1 Å². The lowest BCUT2D eigenvalue weighted by Crippen LogP contribution is -2.31. The molecule has 0 aliphatic heterocycles. The van der Waals surface area contributed by atoms with E-state index >= 15 is 0 Å². The molecule has 4 aromatic rings. The van der Waals surface area contributed by atoms with Crippen LogP contribution in [-0.2, 0) is 17.6 Å². The van der Waals surface area contributed by atoms with Gasteiger partial charge >= 0.3 is 5.97 Å². The van der Waals surface area contributed by atoms with Crippen molar-refractivity contribution >= 4 is 33.8 Å². The Morgan fingerprint density at radius 3 is 2.60 bits per heavy atom. The van der Waals surface area contributed by atoms with Crippen molar-refractivity contribution in [1.29, 1.82) is 0 Å². The molecule has 0 fully saturated rings. The molecular formula is C24H21N3O3. The first-order chi connectivity index (χ1) is 14.6. The quantitative estimate of drug-likeness (QED) is 0.479. The van der Waals surface area contributed by atoms with Crippen LogP contribution in [-0.4, -0.2) is 32.5 Å². The Balaban J connectivity index is 1.44. The van der Waals surface area contributed by atoms with Crippen LogP contribution in [0.3, 0.4) is 0 Å². The molecule has 0 N–H and O–H groups in total. The van der Waals surface area contributed by atoms with Gasteiger partial charge in [0.05, 0.1) is 22.7 Å². The van der Waals surface area contributed by atoms with E-state index in [0.29, 0.717) is 11.0 Å². The van der Waals surface area contributed by atoms with Crippen LogP contribution in [0.15, 0.2) is 54.7 Å². The molecule has 1 unspecified atom stereocenters. The lowest BCUT2D eigenvalue weighted by atomic mass is 9.95. The van der Waals surface area contributed by atoms with Crippen molar-refractivity contribution in [3.8, 4) is 0 Å². The molecule has 2 aromatic carbocycles. The second-order valence-corrected chi connectivity index (χ2v) is 7.61. The number of carbonyl (C=O) groups is 2. The summed E-state index contributed by atoms with van der Waals surface area (Å²) in [6.45, 7) is 1.61. The molecule has 0 radical (unpaired) electrons. The van der Waals surface area contributed by atoms with Crippen molar-refractivity contribution in [1.82, 2.24) is 14.5 Å². The lowest BCUT2D eigenvalue weighted by molar-refractivity contribution is 0.0279. The predicted molar refractivity (Wildman–Crippen MR) is 114 cm³/mol. The number of ether oxygens (including phenoxy) is 1. The molecule has 1 atom stereocenters. The molecule has 30 heavy (non-hydrogen) atoms. The lowest BCUT2D eigenvalue weighted by Gasteiger charge is -2.18. The number of carbonyl (C=O) groups excluding carboxylic acids is 2. The second-order valence-electron chi connectivity index (χ2n) is 7.61. The van der Waals surface area contributed by atoms with Crippen LogP contribution >= 0.6 is 0 Å². The maximum Gasteiger partial charge on any atom is 0.359 e. The van der Waals surface area contributed by atoms with Gasteiger partial charge in [-0.15, -0.1) is 0 Å². The molecule has 6 heteroatoms. The predicted octanol–water partition coefficient (Wildman–Crippen LogP) is 4.35. The van der Waals surface area contributed by atoms with E-state index in [9.17, 15) is 9.59 Å². The third kappa shape index (κ3) is 3.05. The molecule has 2 aromatic heterocycles. The number of aromatic nitrogens is 3. The highest BCUT2D eigenvalue weighted by atomic mass is 16.5. The van der Waals surface area contributed by atoms with Gasteiger partial charge in [0.15, 0.2) is 11.8 Å². The molecule has 0 amide bonds. The van der Waals surface area contributed by atoms with Crippen LogP contribution < -0.4 is 0 Å². The van der Waals surface area contributed by atoms with E-state index in [1.807, 2.05) is 36.4 Å². The number of nitrogens with zero attached hydrogens (tertiary/aromatic N) is 3. The van der Waals surface area contributed by atoms with E-state index in [1.165, 1.54) is 11.8 Å². The minimum Gasteiger partial charge on any atom is -0.448 e. The van der Waals surface area contributed by atoms with E-state index in [2.05, 4.69) is 16.0 Å². The highest BCUT2D eigenvalue weighted by Gasteiger charge is 2.28. The van der Waals surface area contributed by atoms with Crippen molar-refractivity contribution in [3.05, 3.63) is 71.7 Å². The number of fused-ring (bicyclic) bond motifs is 4. The first-order valence-electron chi connectivity index (χ1n) is 10.2. The molecule has 0 saturated heterocycles. The van der Waals surface area contributed by atoms with E-state index in [1.54, 1.807) is 17.6 Å². The van der Waals surface area contributed by atoms with Crippen LogP contribution in [0.4, 0.5) is 0 Å². The summed E-state index contributed by atoms with van der Waals surface area (Å²) < 4.78 is 7.24. The highest BCUT2D eigenvalue weighted by Crippen LogP contribution is 2.32. The van der Waals surface area contributed by atoms with Gasteiger partial charge in [-0.2, -0.15) is 0 Å². The summed E-state index contributed by atoms with van der Waals surface area (Å²) in [6, 6.07) is 15.2. The Labute approximate surface area is 173 Å². The number of hydrogen-bond donors (Lipinski definition) is 0. The fourth-order valence-corrected chi connectivity index (χ4v) is 4.26. The van der Waals surface area contributed by atoms with E-state index in [-0.39, 0.29) is 11.6 Å². The standard InChI is InChI=1S/C24H21N3O3/c1-15(30-24(29)20-14-25-18-10-4-5-11-19(18)26-20)23(28)27-21-12-6-2-8-16(21)17-9-3-7-13-22(17)27/h2,4-6,8,10-12,14-15H,3,7,9,13H2,1H3. The summed E-state index contributed by atoms with van der Waals surface area (Å²) in [6.07, 6.45) is 4.45. The zero-order valence-corrected chi connectivity index (χ0v) is 16.7. The zero-order valence-electron chi connectivity index (χ0n) is 16.7. The van der Waals surface area contributed by atoms with Gasteiger partial charge in [-0.3, -0.25) is 14.3 Å². The molecule has 150 valence electrons. The maximum absolute atomic E-state index is 13.3. The van der Waals surface area contributed by atoms with Crippen molar-refractivity contribution < 1.29 is 14.3 Å². The fraction of sp³-hybridized carbons (Fsp3) is 0.250. The van der Waals surface area contributed by atoms with Crippen molar-refractivity contribution in [2.75, 3.05) is 0 Å². The molecule has 0 spiro atoms. The maximum atomic E-state index is 13.3. The number of aryl methyl sites for hydroxylation is 1. The van der Waals surface area contributed by atoms with Crippen LogP contribution in [0.1, 0.15) is 46.3 Å². The van der Waals surface area contributed by atoms with Crippen molar-refractivity contribution in [2.45, 2.75) is 38.7 Å². The van der Waals surface area contributed by atoms with Crippen molar-refractivity contribution in [3.63, 3.8) is 0 Å². The zero-order chi connectivity index (χ0) is 20.7. The first kappa shape index (κ1) is 18.5. The molecule has 5 rings (SSSR count). The van der Waals surface area contributed by atoms with Gasteiger partial charge in [0.2, 0.25) is 0 Å². The summed E-state index contributed by atoms with van der Waals surface area (Å²) in [5.74, 6) is -0.893. The number of para-hydroxylation sites is 3. The largest absolute Gasteiger partial charge is 0.448 e. The van der Waals surface area contributed by atoms with Gasteiger partial charge < -0.3 is 4.74 Å². The van der Waals surface area contributed by atoms with E-state index in [4.69, 9.17) is 4.74 Å². The summed E-state index contributed by atoms with van der Waals surface area (Å²) >= 11 is 0. The number of rotatable bonds is 3. The Bertz CT molecular complexity index is 1290. The second kappa shape index (κ2) is 7.37. The molecule has 1 aliphatic carbocycles. The number of benzene rings is 2. The van der Waals surface area contributed by atoms with E-state index < -0.39 is 12.1 Å². The fourth-order valence-electron chi connectivity index (χ4n) is 4.26. The van der Waals surface area contributed by atoms with Gasteiger partial charge in [0.1, 0.15) is 0 Å². The van der Waals surface area contributed by atoms with Gasteiger partial charge in [0.25, 0.3) is 5.91 Å². The van der Waals surface area contributed by atoms with Crippen LogP contribution in [0.25, 0.3) is 21.9 Å².